The second kappa shape index (κ2) is 12.2. The number of amides is 3. The van der Waals surface area contributed by atoms with Crippen molar-refractivity contribution in [2.75, 3.05) is 13.1 Å². The SMILES string of the molecule is Cc1cccc(C(CC(=O)O)NC(=O)C2N(C(=O)c3cc(F)cc(F)c3)CCCN2C(=O)c2cc(F)cc(F)c2)c1. The predicted molar refractivity (Wildman–Crippen MR) is 138 cm³/mol. The number of nitrogens with one attached hydrogen (secondary N) is 1. The highest BCUT2D eigenvalue weighted by Gasteiger charge is 2.42. The van der Waals surface area contributed by atoms with Crippen molar-refractivity contribution in [2.45, 2.75) is 32.0 Å². The molecule has 0 aliphatic carbocycles. The summed E-state index contributed by atoms with van der Waals surface area (Å²) in [5, 5.41) is 12.1. The average molecular weight is 572 g/mol. The van der Waals surface area contributed by atoms with E-state index in [1.807, 2.05) is 0 Å². The fraction of sp³-hybridized carbons (Fsp3) is 0.241. The number of carboxylic acids is 1. The Bertz CT molecular complexity index is 1400. The van der Waals surface area contributed by atoms with Crippen LogP contribution in [-0.2, 0) is 9.59 Å². The first-order valence-corrected chi connectivity index (χ1v) is 12.6. The maximum absolute atomic E-state index is 13.9. The van der Waals surface area contributed by atoms with Gasteiger partial charge in [0.1, 0.15) is 23.3 Å². The molecule has 8 nitrogen and oxygen atoms in total. The van der Waals surface area contributed by atoms with Crippen LogP contribution in [-0.4, -0.2) is 57.9 Å². The molecule has 2 N–H and O–H groups in total. The van der Waals surface area contributed by atoms with Gasteiger partial charge in [0.15, 0.2) is 6.17 Å². The van der Waals surface area contributed by atoms with Gasteiger partial charge in [0.25, 0.3) is 17.7 Å². The molecule has 1 atom stereocenters. The number of carboxylic acid groups (broad SMARTS) is 1. The molecule has 1 saturated heterocycles. The van der Waals surface area contributed by atoms with Crippen LogP contribution in [0.25, 0.3) is 0 Å². The highest BCUT2D eigenvalue weighted by molar-refractivity contribution is 6.01. The van der Waals surface area contributed by atoms with Crippen molar-refractivity contribution in [1.82, 2.24) is 15.1 Å². The Morgan fingerprint density at radius 2 is 1.32 bits per heavy atom. The van der Waals surface area contributed by atoms with Crippen molar-refractivity contribution >= 4 is 23.7 Å². The lowest BCUT2D eigenvalue weighted by molar-refractivity contribution is -0.138. The summed E-state index contributed by atoms with van der Waals surface area (Å²) in [6.45, 7) is 1.52. The largest absolute Gasteiger partial charge is 0.481 e. The van der Waals surface area contributed by atoms with E-state index in [2.05, 4.69) is 5.32 Å². The molecular weight excluding hydrogens is 546 g/mol. The third-order valence-corrected chi connectivity index (χ3v) is 6.50. The minimum atomic E-state index is -1.75. The Labute approximate surface area is 232 Å². The lowest BCUT2D eigenvalue weighted by Crippen LogP contribution is -2.63. The first-order chi connectivity index (χ1) is 19.4. The fourth-order valence-electron chi connectivity index (χ4n) is 4.78. The molecule has 0 bridgehead atoms. The molecule has 3 aromatic rings. The summed E-state index contributed by atoms with van der Waals surface area (Å²) in [5.41, 5.74) is 0.339. The zero-order chi connectivity index (χ0) is 29.8. The van der Waals surface area contributed by atoms with Crippen molar-refractivity contribution in [3.8, 4) is 0 Å². The molecule has 0 aromatic heterocycles. The normalized spacial score (nSPS) is 14.5. The predicted octanol–water partition coefficient (Wildman–Crippen LogP) is 4.20. The molecule has 1 aliphatic heterocycles. The van der Waals surface area contributed by atoms with Crippen LogP contribution in [0.4, 0.5) is 17.6 Å². The highest BCUT2D eigenvalue weighted by atomic mass is 19.1. The smallest absolute Gasteiger partial charge is 0.305 e. The van der Waals surface area contributed by atoms with E-state index in [1.54, 1.807) is 31.2 Å². The molecule has 1 unspecified atom stereocenters. The number of aliphatic carboxylic acids is 1. The molecule has 0 spiro atoms. The minimum Gasteiger partial charge on any atom is -0.481 e. The van der Waals surface area contributed by atoms with Crippen LogP contribution in [0.2, 0.25) is 0 Å². The number of benzene rings is 3. The number of hydrogen-bond donors (Lipinski definition) is 2. The lowest BCUT2D eigenvalue weighted by Gasteiger charge is -2.43. The van der Waals surface area contributed by atoms with Gasteiger partial charge in [-0.2, -0.15) is 0 Å². The quantitative estimate of drug-likeness (QED) is 0.414. The molecule has 1 fully saturated rings. The topological polar surface area (TPSA) is 107 Å². The van der Waals surface area contributed by atoms with E-state index in [0.717, 1.165) is 39.6 Å². The van der Waals surface area contributed by atoms with Crippen LogP contribution in [0, 0.1) is 30.2 Å². The molecule has 0 radical (unpaired) electrons. The molecule has 0 saturated carbocycles. The number of halogens is 4. The monoisotopic (exact) mass is 571 g/mol. The van der Waals surface area contributed by atoms with E-state index in [-0.39, 0.29) is 19.5 Å². The van der Waals surface area contributed by atoms with Crippen molar-refractivity contribution < 1.29 is 41.8 Å². The molecule has 1 heterocycles. The van der Waals surface area contributed by atoms with E-state index >= 15 is 0 Å². The number of carbonyl (C=O) groups excluding carboxylic acids is 3. The van der Waals surface area contributed by atoms with Crippen molar-refractivity contribution in [3.05, 3.63) is 106 Å². The second-order valence-corrected chi connectivity index (χ2v) is 9.61. The Balaban J connectivity index is 1.76. The Morgan fingerprint density at radius 1 is 0.829 bits per heavy atom. The maximum atomic E-state index is 13.9. The van der Waals surface area contributed by atoms with E-state index < -0.39 is 76.7 Å². The van der Waals surface area contributed by atoms with Gasteiger partial charge in [-0.1, -0.05) is 29.8 Å². The molecule has 4 rings (SSSR count). The molecule has 3 amide bonds. The first kappa shape index (κ1) is 29.2. The van der Waals surface area contributed by atoms with Crippen LogP contribution in [0.3, 0.4) is 0 Å². The maximum Gasteiger partial charge on any atom is 0.305 e. The van der Waals surface area contributed by atoms with Crippen molar-refractivity contribution in [3.63, 3.8) is 0 Å². The van der Waals surface area contributed by atoms with Gasteiger partial charge in [0.2, 0.25) is 0 Å². The highest BCUT2D eigenvalue weighted by Crippen LogP contribution is 2.25. The number of nitrogens with zero attached hydrogens (tertiary/aromatic N) is 2. The van der Waals surface area contributed by atoms with Gasteiger partial charge in [-0.15, -0.1) is 0 Å². The molecule has 3 aromatic carbocycles. The summed E-state index contributed by atoms with van der Waals surface area (Å²) < 4.78 is 55.8. The molecule has 214 valence electrons. The standard InChI is InChI=1S/C29H25F4N3O5/c1-16-4-2-5-17(8-16)24(15-25(37)38)34-26(39)27-35(28(40)18-9-20(30)13-21(31)10-18)6-3-7-36(27)29(41)19-11-22(32)14-23(33)12-19/h2,4-5,8-14,24,27H,3,6-7,15H2,1H3,(H,34,39)(H,37,38). The molecule has 41 heavy (non-hydrogen) atoms. The fourth-order valence-corrected chi connectivity index (χ4v) is 4.78. The third kappa shape index (κ3) is 6.89. The number of aryl methyl sites for hydroxylation is 1. The third-order valence-electron chi connectivity index (χ3n) is 6.50. The zero-order valence-electron chi connectivity index (χ0n) is 21.7. The average Bonchev–Trinajstić information content (AvgIpc) is 2.90. The summed E-state index contributed by atoms with van der Waals surface area (Å²) >= 11 is 0. The van der Waals surface area contributed by atoms with Gasteiger partial charge in [-0.05, 0) is 43.2 Å². The summed E-state index contributed by atoms with van der Waals surface area (Å²) in [5.74, 6) is -8.38. The van der Waals surface area contributed by atoms with Gasteiger partial charge < -0.3 is 20.2 Å². The second-order valence-electron chi connectivity index (χ2n) is 9.61. The van der Waals surface area contributed by atoms with Crippen LogP contribution < -0.4 is 5.32 Å². The molecule has 1 aliphatic rings. The van der Waals surface area contributed by atoms with Crippen LogP contribution in [0.5, 0.6) is 0 Å². The van der Waals surface area contributed by atoms with Gasteiger partial charge >= 0.3 is 5.97 Å². The Hall–Kier alpha value is -4.74. The first-order valence-electron chi connectivity index (χ1n) is 12.6. The summed E-state index contributed by atoms with van der Waals surface area (Å²) in [4.78, 5) is 54.2. The van der Waals surface area contributed by atoms with Gasteiger partial charge in [0, 0.05) is 36.3 Å². The molecule has 12 heteroatoms. The summed E-state index contributed by atoms with van der Waals surface area (Å²) in [6.07, 6.45) is -2.18. The summed E-state index contributed by atoms with van der Waals surface area (Å²) in [7, 11) is 0. The van der Waals surface area contributed by atoms with Gasteiger partial charge in [-0.25, -0.2) is 17.6 Å². The lowest BCUT2D eigenvalue weighted by atomic mass is 10.0. The van der Waals surface area contributed by atoms with Crippen LogP contribution >= 0.6 is 0 Å². The van der Waals surface area contributed by atoms with Gasteiger partial charge in [0.05, 0.1) is 12.5 Å². The van der Waals surface area contributed by atoms with Crippen molar-refractivity contribution in [1.29, 1.82) is 0 Å². The van der Waals surface area contributed by atoms with Crippen LogP contribution in [0.1, 0.15) is 50.7 Å². The van der Waals surface area contributed by atoms with E-state index in [9.17, 15) is 41.8 Å². The zero-order valence-corrected chi connectivity index (χ0v) is 21.7. The molecular formula is C29H25F4N3O5. The van der Waals surface area contributed by atoms with E-state index in [4.69, 9.17) is 0 Å². The summed E-state index contributed by atoms with van der Waals surface area (Å²) in [6, 6.07) is 9.78. The number of hydrogen-bond acceptors (Lipinski definition) is 4. The van der Waals surface area contributed by atoms with Crippen molar-refractivity contribution in [2.24, 2.45) is 0 Å². The van der Waals surface area contributed by atoms with Gasteiger partial charge in [-0.3, -0.25) is 19.2 Å². The Kier molecular flexibility index (Phi) is 8.70. The Morgan fingerprint density at radius 3 is 1.76 bits per heavy atom. The number of carbonyl (C=O) groups is 4. The number of rotatable bonds is 7. The minimum absolute atomic E-state index is 0.118. The van der Waals surface area contributed by atoms with Crippen LogP contribution in [0.15, 0.2) is 60.7 Å². The van der Waals surface area contributed by atoms with E-state index in [1.165, 1.54) is 0 Å². The van der Waals surface area contributed by atoms with E-state index in [0.29, 0.717) is 17.7 Å².